The van der Waals surface area contributed by atoms with Crippen LogP contribution in [0.25, 0.3) is 16.9 Å². The molecule has 7 nitrogen and oxygen atoms in total. The summed E-state index contributed by atoms with van der Waals surface area (Å²) < 4.78 is 14.3. The molecule has 0 bridgehead atoms. The zero-order chi connectivity index (χ0) is 23.3. The summed E-state index contributed by atoms with van der Waals surface area (Å²) in [5, 5.41) is 7.55. The standard InChI is InChI=1S/C23H21BrCl2N4O3.ClH/c1-23(2)19-20(22(31)28-29-7-9-32-10-8-29)27-30(17-6-4-14(25)12-16(17)26)21(19)15-5-3-13(24)11-18(15)33-23;/h3-6,11-12H,7-10H2,1-2H3,(H,28,31);1H. The Morgan fingerprint density at radius 1 is 1.15 bits per heavy atom. The highest BCUT2D eigenvalue weighted by Gasteiger charge is 2.41. The smallest absolute Gasteiger partial charge is 0.286 e. The molecule has 0 atom stereocenters. The Kier molecular flexibility index (Phi) is 7.20. The monoisotopic (exact) mass is 586 g/mol. The quantitative estimate of drug-likeness (QED) is 0.429. The van der Waals surface area contributed by atoms with Gasteiger partial charge in [0.25, 0.3) is 5.91 Å². The number of fused-ring (bicyclic) bond motifs is 3. The van der Waals surface area contributed by atoms with E-state index in [9.17, 15) is 4.79 Å². The second kappa shape index (κ2) is 9.68. The highest BCUT2D eigenvalue weighted by molar-refractivity contribution is 9.10. The zero-order valence-corrected chi connectivity index (χ0v) is 22.3. The maximum Gasteiger partial charge on any atom is 0.286 e. The number of rotatable bonds is 3. The summed E-state index contributed by atoms with van der Waals surface area (Å²) in [6.07, 6.45) is 0. The van der Waals surface area contributed by atoms with Crippen LogP contribution in [-0.4, -0.2) is 47.0 Å². The molecule has 2 aliphatic heterocycles. The molecule has 0 radical (unpaired) electrons. The molecule has 3 aromatic rings. The number of carbonyl (C=O) groups is 1. The predicted molar refractivity (Wildman–Crippen MR) is 137 cm³/mol. The van der Waals surface area contributed by atoms with Crippen molar-refractivity contribution in [3.63, 3.8) is 0 Å². The fourth-order valence-corrected chi connectivity index (χ4v) is 5.03. The highest BCUT2D eigenvalue weighted by Crippen LogP contribution is 2.48. The van der Waals surface area contributed by atoms with Gasteiger partial charge >= 0.3 is 0 Å². The topological polar surface area (TPSA) is 68.6 Å². The van der Waals surface area contributed by atoms with E-state index in [1.54, 1.807) is 22.9 Å². The van der Waals surface area contributed by atoms with Crippen molar-refractivity contribution in [1.82, 2.24) is 20.2 Å². The van der Waals surface area contributed by atoms with Gasteiger partial charge in [-0.25, -0.2) is 9.69 Å². The number of hydrogen-bond acceptors (Lipinski definition) is 5. The van der Waals surface area contributed by atoms with E-state index in [-0.39, 0.29) is 24.0 Å². The Balaban J connectivity index is 0.00000274. The Labute approximate surface area is 221 Å². The minimum absolute atomic E-state index is 0. The van der Waals surface area contributed by atoms with E-state index in [0.717, 1.165) is 15.7 Å². The molecule has 1 saturated heterocycles. The van der Waals surface area contributed by atoms with Crippen molar-refractivity contribution in [3.05, 3.63) is 62.2 Å². The molecule has 1 N–H and O–H groups in total. The van der Waals surface area contributed by atoms with Gasteiger partial charge in [-0.15, -0.1) is 12.4 Å². The summed E-state index contributed by atoms with van der Waals surface area (Å²) in [4.78, 5) is 13.4. The van der Waals surface area contributed by atoms with Crippen LogP contribution in [0.2, 0.25) is 10.0 Å². The predicted octanol–water partition coefficient (Wildman–Crippen LogP) is 5.63. The Morgan fingerprint density at radius 3 is 2.59 bits per heavy atom. The van der Waals surface area contributed by atoms with E-state index >= 15 is 0 Å². The number of amides is 1. The Morgan fingerprint density at radius 2 is 1.88 bits per heavy atom. The number of benzene rings is 2. The van der Waals surface area contributed by atoms with Crippen LogP contribution < -0.4 is 10.2 Å². The van der Waals surface area contributed by atoms with Gasteiger partial charge in [-0.1, -0.05) is 39.1 Å². The van der Waals surface area contributed by atoms with Crippen LogP contribution in [0.15, 0.2) is 40.9 Å². The van der Waals surface area contributed by atoms with Gasteiger partial charge in [-0.3, -0.25) is 10.2 Å². The molecule has 180 valence electrons. The molecule has 1 fully saturated rings. The van der Waals surface area contributed by atoms with Gasteiger partial charge in [0.15, 0.2) is 5.69 Å². The summed E-state index contributed by atoms with van der Waals surface area (Å²) in [6.45, 7) is 6.18. The fourth-order valence-electron chi connectivity index (χ4n) is 4.20. The van der Waals surface area contributed by atoms with Crippen LogP contribution in [0.1, 0.15) is 29.9 Å². The van der Waals surface area contributed by atoms with E-state index in [4.69, 9.17) is 37.8 Å². The summed E-state index contributed by atoms with van der Waals surface area (Å²) in [5.74, 6) is 0.377. The van der Waals surface area contributed by atoms with Gasteiger partial charge in [0.2, 0.25) is 0 Å². The van der Waals surface area contributed by atoms with Gasteiger partial charge in [0.05, 0.1) is 35.2 Å². The molecular weight excluding hydrogens is 567 g/mol. The van der Waals surface area contributed by atoms with E-state index in [1.807, 2.05) is 37.1 Å². The van der Waals surface area contributed by atoms with Crippen molar-refractivity contribution in [2.24, 2.45) is 0 Å². The number of hydrogen-bond donors (Lipinski definition) is 1. The molecule has 11 heteroatoms. The molecule has 5 rings (SSSR count). The first-order chi connectivity index (χ1) is 15.7. The molecule has 0 aliphatic carbocycles. The van der Waals surface area contributed by atoms with Crippen LogP contribution in [0, 0.1) is 0 Å². The number of ether oxygens (including phenoxy) is 2. The number of nitrogens with zero attached hydrogens (tertiary/aromatic N) is 3. The molecule has 0 spiro atoms. The summed E-state index contributed by atoms with van der Waals surface area (Å²) in [6, 6.07) is 11.0. The summed E-state index contributed by atoms with van der Waals surface area (Å²) in [5.41, 5.74) is 5.30. The Bertz CT molecular complexity index is 1260. The molecule has 0 unspecified atom stereocenters. The van der Waals surface area contributed by atoms with Crippen molar-refractivity contribution in [1.29, 1.82) is 0 Å². The lowest BCUT2D eigenvalue weighted by Gasteiger charge is -2.34. The van der Waals surface area contributed by atoms with Gasteiger partial charge in [-0.2, -0.15) is 5.10 Å². The van der Waals surface area contributed by atoms with Crippen LogP contribution in [0.3, 0.4) is 0 Å². The molecule has 2 aliphatic rings. The van der Waals surface area contributed by atoms with Gasteiger partial charge in [0, 0.05) is 28.1 Å². The third-order valence-corrected chi connectivity index (χ3v) is 6.71. The minimum atomic E-state index is -0.821. The first kappa shape index (κ1) is 25.3. The number of morpholine rings is 1. The first-order valence-corrected chi connectivity index (χ1v) is 12.0. The number of hydrazine groups is 1. The third kappa shape index (κ3) is 4.55. The maximum atomic E-state index is 13.4. The molecule has 34 heavy (non-hydrogen) atoms. The van der Waals surface area contributed by atoms with E-state index in [0.29, 0.717) is 53.3 Å². The van der Waals surface area contributed by atoms with E-state index < -0.39 is 5.60 Å². The lowest BCUT2D eigenvalue weighted by Crippen LogP contribution is -2.49. The van der Waals surface area contributed by atoms with Crippen LogP contribution in [0.5, 0.6) is 5.75 Å². The lowest BCUT2D eigenvalue weighted by molar-refractivity contribution is 0.0122. The number of halogens is 4. The number of aromatic nitrogens is 2. The van der Waals surface area contributed by atoms with Gasteiger partial charge in [-0.05, 0) is 50.2 Å². The van der Waals surface area contributed by atoms with Crippen molar-refractivity contribution >= 4 is 57.4 Å². The van der Waals surface area contributed by atoms with Crippen LogP contribution in [-0.2, 0) is 10.3 Å². The second-order valence-corrected chi connectivity index (χ2v) is 10.1. The number of carbonyl (C=O) groups excluding carboxylic acids is 1. The molecule has 3 heterocycles. The first-order valence-electron chi connectivity index (χ1n) is 10.5. The van der Waals surface area contributed by atoms with Crippen LogP contribution in [0.4, 0.5) is 0 Å². The zero-order valence-electron chi connectivity index (χ0n) is 18.4. The van der Waals surface area contributed by atoms with Crippen molar-refractivity contribution in [2.45, 2.75) is 19.4 Å². The molecule has 2 aromatic carbocycles. The third-order valence-electron chi connectivity index (χ3n) is 5.68. The Hall–Kier alpha value is -1.81. The number of nitrogens with one attached hydrogen (secondary N) is 1. The average Bonchev–Trinajstić information content (AvgIpc) is 3.16. The van der Waals surface area contributed by atoms with Crippen LogP contribution >= 0.6 is 51.5 Å². The molecular formula is C23H22BrCl3N4O3. The van der Waals surface area contributed by atoms with E-state index in [1.165, 1.54) is 0 Å². The van der Waals surface area contributed by atoms with Crippen molar-refractivity contribution in [2.75, 3.05) is 26.3 Å². The maximum absolute atomic E-state index is 13.4. The van der Waals surface area contributed by atoms with Gasteiger partial charge < -0.3 is 9.47 Å². The molecule has 0 saturated carbocycles. The normalized spacial score (nSPS) is 16.6. The average molecular weight is 589 g/mol. The highest BCUT2D eigenvalue weighted by atomic mass is 79.9. The fraction of sp³-hybridized carbons (Fsp3) is 0.304. The minimum Gasteiger partial charge on any atom is -0.482 e. The molecule has 1 aromatic heterocycles. The van der Waals surface area contributed by atoms with Crippen molar-refractivity contribution in [3.8, 4) is 22.7 Å². The van der Waals surface area contributed by atoms with E-state index in [2.05, 4.69) is 21.4 Å². The molecule has 1 amide bonds. The lowest BCUT2D eigenvalue weighted by atomic mass is 9.89. The van der Waals surface area contributed by atoms with Crippen molar-refractivity contribution < 1.29 is 14.3 Å². The summed E-state index contributed by atoms with van der Waals surface area (Å²) in [7, 11) is 0. The summed E-state index contributed by atoms with van der Waals surface area (Å²) >= 11 is 16.2. The SMILES string of the molecule is CC1(C)Oc2cc(Br)ccc2-c2c1c(C(=O)NN1CCOCC1)nn2-c1ccc(Cl)cc1Cl.Cl. The largest absolute Gasteiger partial charge is 0.482 e. The van der Waals surface area contributed by atoms with Gasteiger partial charge in [0.1, 0.15) is 11.4 Å². The second-order valence-electron chi connectivity index (χ2n) is 8.37.